The minimum Gasteiger partial charge on any atom is -0.296 e. The summed E-state index contributed by atoms with van der Waals surface area (Å²) in [6, 6.07) is 0. The maximum Gasteiger partial charge on any atom is 0.178 e. The molecule has 8 heteroatoms. The lowest BCUT2D eigenvalue weighted by atomic mass is 9.93. The number of nitrogens with one attached hydrogen (secondary N) is 1. The normalized spacial score (nSPS) is 20.3. The number of aromatic nitrogens is 3. The smallest absolute Gasteiger partial charge is 0.178 e. The van der Waals surface area contributed by atoms with Gasteiger partial charge in [-0.15, -0.1) is 11.3 Å². The van der Waals surface area contributed by atoms with Crippen LogP contribution in [0.2, 0.25) is 0 Å². The van der Waals surface area contributed by atoms with Crippen molar-refractivity contribution in [1.29, 1.82) is 0 Å². The molecule has 6 nitrogen and oxygen atoms in total. The molecule has 1 atom stereocenters. The highest BCUT2D eigenvalue weighted by atomic mass is 32.2. The van der Waals surface area contributed by atoms with E-state index in [0.717, 1.165) is 49.6 Å². The number of sulfone groups is 1. The summed E-state index contributed by atoms with van der Waals surface area (Å²) >= 11 is 1.68. The second-order valence-corrected chi connectivity index (χ2v) is 8.82. The second-order valence-electron chi connectivity index (χ2n) is 5.86. The SMILES string of the molecule is CS(=O)(=O)c1cn[nH]c1C[C@H]1CCCN(Cc2nccs2)C1. The van der Waals surface area contributed by atoms with Crippen LogP contribution in [0.5, 0.6) is 0 Å². The van der Waals surface area contributed by atoms with Gasteiger partial charge in [-0.25, -0.2) is 13.4 Å². The van der Waals surface area contributed by atoms with E-state index in [1.165, 1.54) is 12.5 Å². The predicted molar refractivity (Wildman–Crippen MR) is 85.5 cm³/mol. The third-order valence-corrected chi connectivity index (χ3v) is 5.93. The minimum atomic E-state index is -3.21. The largest absolute Gasteiger partial charge is 0.296 e. The van der Waals surface area contributed by atoms with Gasteiger partial charge >= 0.3 is 0 Å². The first kappa shape index (κ1) is 15.6. The first-order valence-corrected chi connectivity index (χ1v) is 10.1. The van der Waals surface area contributed by atoms with Crippen LogP contribution in [-0.2, 0) is 22.8 Å². The molecule has 0 amide bonds. The van der Waals surface area contributed by atoms with Crippen LogP contribution in [0, 0.1) is 5.92 Å². The zero-order valence-corrected chi connectivity index (χ0v) is 14.2. The molecule has 3 heterocycles. The lowest BCUT2D eigenvalue weighted by molar-refractivity contribution is 0.166. The Morgan fingerprint density at radius 3 is 3.09 bits per heavy atom. The summed E-state index contributed by atoms with van der Waals surface area (Å²) in [5.74, 6) is 0.453. The molecule has 0 bridgehead atoms. The Bertz CT molecular complexity index is 709. The Morgan fingerprint density at radius 2 is 2.36 bits per heavy atom. The van der Waals surface area contributed by atoms with Gasteiger partial charge in [0.2, 0.25) is 0 Å². The summed E-state index contributed by atoms with van der Waals surface area (Å²) in [6.07, 6.45) is 7.48. The lowest BCUT2D eigenvalue weighted by Gasteiger charge is -2.32. The highest BCUT2D eigenvalue weighted by molar-refractivity contribution is 7.90. The number of nitrogens with zero attached hydrogens (tertiary/aromatic N) is 3. The first-order chi connectivity index (χ1) is 10.5. The van der Waals surface area contributed by atoms with Crippen molar-refractivity contribution in [3.63, 3.8) is 0 Å². The van der Waals surface area contributed by atoms with Crippen LogP contribution in [0.25, 0.3) is 0 Å². The summed E-state index contributed by atoms with van der Waals surface area (Å²) < 4.78 is 23.5. The van der Waals surface area contributed by atoms with Gasteiger partial charge in [0, 0.05) is 24.4 Å². The molecule has 22 heavy (non-hydrogen) atoms. The fourth-order valence-electron chi connectivity index (χ4n) is 3.04. The standard InChI is InChI=1S/C14H20N4O2S2/c1-22(19,20)13-8-16-17-12(13)7-11-3-2-5-18(9-11)10-14-15-4-6-21-14/h4,6,8,11H,2-3,5,7,9-10H2,1H3,(H,16,17)/t11-/m1/s1. The second kappa shape index (κ2) is 6.47. The molecule has 0 spiro atoms. The van der Waals surface area contributed by atoms with E-state index in [0.29, 0.717) is 10.8 Å². The Labute approximate surface area is 134 Å². The summed E-state index contributed by atoms with van der Waals surface area (Å²) in [5, 5.41) is 9.91. The molecule has 2 aromatic rings. The minimum absolute atomic E-state index is 0.338. The highest BCUT2D eigenvalue weighted by Crippen LogP contribution is 2.24. The van der Waals surface area contributed by atoms with Crippen LogP contribution in [-0.4, -0.2) is 47.8 Å². The van der Waals surface area contributed by atoms with Gasteiger partial charge in [-0.2, -0.15) is 5.10 Å². The number of thiazole rings is 1. The lowest BCUT2D eigenvalue weighted by Crippen LogP contribution is -2.35. The Kier molecular flexibility index (Phi) is 4.60. The molecule has 1 N–H and O–H groups in total. The molecule has 1 aliphatic rings. The molecule has 120 valence electrons. The fraction of sp³-hybridized carbons (Fsp3) is 0.571. The van der Waals surface area contributed by atoms with Crippen LogP contribution in [0.3, 0.4) is 0 Å². The van der Waals surface area contributed by atoms with Crippen molar-refractivity contribution in [3.05, 3.63) is 28.5 Å². The van der Waals surface area contributed by atoms with Crippen LogP contribution in [0.15, 0.2) is 22.7 Å². The number of aromatic amines is 1. The van der Waals surface area contributed by atoms with Crippen molar-refractivity contribution in [2.45, 2.75) is 30.7 Å². The van der Waals surface area contributed by atoms with Gasteiger partial charge in [-0.05, 0) is 31.7 Å². The van der Waals surface area contributed by atoms with E-state index in [1.54, 1.807) is 11.3 Å². The number of hydrogen-bond acceptors (Lipinski definition) is 6. The van der Waals surface area contributed by atoms with E-state index in [4.69, 9.17) is 0 Å². The molecule has 1 fully saturated rings. The number of hydrogen-bond donors (Lipinski definition) is 1. The van der Waals surface area contributed by atoms with Crippen LogP contribution < -0.4 is 0 Å². The van der Waals surface area contributed by atoms with E-state index in [2.05, 4.69) is 20.1 Å². The molecule has 0 aromatic carbocycles. The third kappa shape index (κ3) is 3.74. The average Bonchev–Trinajstić information content (AvgIpc) is 3.10. The van der Waals surface area contributed by atoms with Gasteiger partial charge in [-0.3, -0.25) is 10.00 Å². The third-order valence-electron chi connectivity index (χ3n) is 4.02. The highest BCUT2D eigenvalue weighted by Gasteiger charge is 2.24. The maximum atomic E-state index is 11.8. The molecular formula is C14H20N4O2S2. The van der Waals surface area contributed by atoms with Gasteiger partial charge in [0.25, 0.3) is 0 Å². The summed E-state index contributed by atoms with van der Waals surface area (Å²) in [5.41, 5.74) is 0.739. The van der Waals surface area contributed by atoms with Crippen LogP contribution >= 0.6 is 11.3 Å². The van der Waals surface area contributed by atoms with Crippen molar-refractivity contribution in [2.75, 3.05) is 19.3 Å². The van der Waals surface area contributed by atoms with E-state index in [1.807, 2.05) is 11.6 Å². The zero-order valence-electron chi connectivity index (χ0n) is 12.5. The van der Waals surface area contributed by atoms with Crippen LogP contribution in [0.1, 0.15) is 23.5 Å². The Balaban J connectivity index is 1.64. The Hall–Kier alpha value is -1.25. The topological polar surface area (TPSA) is 79.0 Å². The van der Waals surface area contributed by atoms with E-state index < -0.39 is 9.84 Å². The van der Waals surface area contributed by atoms with Gasteiger partial charge in [0.15, 0.2) is 9.84 Å². The quantitative estimate of drug-likeness (QED) is 0.897. The first-order valence-electron chi connectivity index (χ1n) is 7.35. The van der Waals surface area contributed by atoms with Crippen molar-refractivity contribution in [2.24, 2.45) is 5.92 Å². The van der Waals surface area contributed by atoms with Crippen molar-refractivity contribution < 1.29 is 8.42 Å². The number of piperidine rings is 1. The molecule has 1 aliphatic heterocycles. The molecule has 3 rings (SSSR count). The van der Waals surface area contributed by atoms with Crippen molar-refractivity contribution in [3.8, 4) is 0 Å². The molecule has 2 aromatic heterocycles. The molecule has 1 saturated heterocycles. The fourth-order valence-corrected chi connectivity index (χ4v) is 4.52. The number of H-pyrrole nitrogens is 1. The van der Waals surface area contributed by atoms with Crippen molar-refractivity contribution in [1.82, 2.24) is 20.1 Å². The molecular weight excluding hydrogens is 320 g/mol. The molecule has 0 radical (unpaired) electrons. The van der Waals surface area contributed by atoms with E-state index in [-0.39, 0.29) is 0 Å². The predicted octanol–water partition coefficient (Wildman–Crippen LogP) is 1.72. The van der Waals surface area contributed by atoms with Gasteiger partial charge < -0.3 is 0 Å². The summed E-state index contributed by atoms with van der Waals surface area (Å²) in [6.45, 7) is 2.94. The summed E-state index contributed by atoms with van der Waals surface area (Å²) in [4.78, 5) is 7.08. The molecule has 0 saturated carbocycles. The molecule has 0 aliphatic carbocycles. The van der Waals surface area contributed by atoms with Gasteiger partial charge in [0.05, 0.1) is 18.4 Å². The van der Waals surface area contributed by atoms with Crippen LogP contribution in [0.4, 0.5) is 0 Å². The van der Waals surface area contributed by atoms with Gasteiger partial charge in [-0.1, -0.05) is 0 Å². The van der Waals surface area contributed by atoms with E-state index >= 15 is 0 Å². The van der Waals surface area contributed by atoms with Gasteiger partial charge in [0.1, 0.15) is 9.90 Å². The number of rotatable bonds is 5. The Morgan fingerprint density at radius 1 is 1.50 bits per heavy atom. The number of likely N-dealkylation sites (tertiary alicyclic amines) is 1. The summed E-state index contributed by atoms with van der Waals surface area (Å²) in [7, 11) is -3.21. The monoisotopic (exact) mass is 340 g/mol. The van der Waals surface area contributed by atoms with E-state index in [9.17, 15) is 8.42 Å². The zero-order chi connectivity index (χ0) is 15.6. The molecule has 0 unspecified atom stereocenters. The average molecular weight is 340 g/mol. The van der Waals surface area contributed by atoms with Crippen molar-refractivity contribution >= 4 is 21.2 Å². The maximum absolute atomic E-state index is 11.8.